The molecule has 2 aromatic rings. The van der Waals surface area contributed by atoms with Gasteiger partial charge in [0.1, 0.15) is 0 Å². The quantitative estimate of drug-likeness (QED) is 0.236. The van der Waals surface area contributed by atoms with Crippen molar-refractivity contribution in [2.45, 2.75) is 29.4 Å². The van der Waals surface area contributed by atoms with Crippen molar-refractivity contribution < 1.29 is 4.79 Å². The van der Waals surface area contributed by atoms with Crippen LogP contribution in [0.2, 0.25) is 5.02 Å². The van der Waals surface area contributed by atoms with Crippen LogP contribution in [0.3, 0.4) is 0 Å². The molecule has 0 heterocycles. The second kappa shape index (κ2) is 9.68. The Morgan fingerprint density at radius 3 is 2.56 bits per heavy atom. The number of nitrogens with one attached hydrogen (secondary N) is 1. The second-order valence-corrected chi connectivity index (χ2v) is 7.14. The van der Waals surface area contributed by atoms with Gasteiger partial charge in [-0.25, -0.2) is 11.7 Å². The smallest absolute Gasteiger partial charge is 0.221 e. The van der Waals surface area contributed by atoms with Crippen LogP contribution in [0.5, 0.6) is 0 Å². The molecule has 1 aliphatic carbocycles. The highest BCUT2D eigenvalue weighted by molar-refractivity contribution is 7.98. The van der Waals surface area contributed by atoms with E-state index in [1.54, 1.807) is 22.2 Å². The Morgan fingerprint density at radius 1 is 1.28 bits per heavy atom. The molecule has 25 heavy (non-hydrogen) atoms. The Balaban J connectivity index is 0.000000511. The summed E-state index contributed by atoms with van der Waals surface area (Å²) in [4.78, 5) is 9.99. The van der Waals surface area contributed by atoms with Crippen molar-refractivity contribution in [2.24, 2.45) is 11.7 Å². The summed E-state index contributed by atoms with van der Waals surface area (Å²) in [6, 6.07) is 14.6. The summed E-state index contributed by atoms with van der Waals surface area (Å²) in [7, 11) is 1.84. The van der Waals surface area contributed by atoms with Crippen LogP contribution in [0.25, 0.3) is 0 Å². The molecule has 0 atom stereocenters. The second-order valence-electron chi connectivity index (χ2n) is 5.75. The van der Waals surface area contributed by atoms with E-state index in [0.717, 1.165) is 27.3 Å². The molecule has 7 heteroatoms. The van der Waals surface area contributed by atoms with Crippen LogP contribution < -0.4 is 22.1 Å². The maximum atomic E-state index is 8.94. The highest BCUT2D eigenvalue weighted by atomic mass is 35.5. The predicted molar refractivity (Wildman–Crippen MR) is 105 cm³/mol. The van der Waals surface area contributed by atoms with Gasteiger partial charge in [-0.1, -0.05) is 41.9 Å². The lowest BCUT2D eigenvalue weighted by atomic mass is 10.1. The first-order chi connectivity index (χ1) is 12.1. The van der Waals surface area contributed by atoms with Gasteiger partial charge in [-0.2, -0.15) is 0 Å². The zero-order chi connectivity index (χ0) is 18.2. The van der Waals surface area contributed by atoms with E-state index in [0.29, 0.717) is 6.41 Å². The number of nitrogens with two attached hydrogens (primary N) is 2. The highest BCUT2D eigenvalue weighted by Gasteiger charge is 2.25. The van der Waals surface area contributed by atoms with Gasteiger partial charge in [0.2, 0.25) is 6.41 Å². The molecule has 0 saturated heterocycles. The SMILES string of the molecule is CN(N)c1cccc(Cl)c1SCc1ccccc1C1CC1.NNC=O. The molecule has 1 amide bonds. The Hall–Kier alpha value is -1.73. The number of hydrazine groups is 2. The number of rotatable bonds is 6. The van der Waals surface area contributed by atoms with Crippen LogP contribution in [0.1, 0.15) is 29.9 Å². The van der Waals surface area contributed by atoms with Crippen LogP contribution in [0.4, 0.5) is 5.69 Å². The molecule has 0 unspecified atom stereocenters. The number of nitrogens with zero attached hydrogens (tertiary/aromatic N) is 1. The average Bonchev–Trinajstić information content (AvgIpc) is 3.46. The fraction of sp³-hybridized carbons (Fsp3) is 0.278. The Labute approximate surface area is 157 Å². The van der Waals surface area contributed by atoms with Gasteiger partial charge in [-0.15, -0.1) is 11.8 Å². The van der Waals surface area contributed by atoms with E-state index in [4.69, 9.17) is 22.2 Å². The number of carbonyl (C=O) groups excluding carboxylic acids is 1. The summed E-state index contributed by atoms with van der Waals surface area (Å²) in [6.07, 6.45) is 3.05. The van der Waals surface area contributed by atoms with E-state index >= 15 is 0 Å². The molecule has 134 valence electrons. The normalized spacial score (nSPS) is 12.8. The molecule has 0 spiro atoms. The summed E-state index contributed by atoms with van der Waals surface area (Å²) in [5.41, 5.74) is 5.63. The maximum absolute atomic E-state index is 8.94. The van der Waals surface area contributed by atoms with Crippen molar-refractivity contribution >= 4 is 35.5 Å². The zero-order valence-electron chi connectivity index (χ0n) is 14.1. The number of amides is 1. The molecule has 0 radical (unpaired) electrons. The first kappa shape index (κ1) is 19.6. The molecular formula is C18H23ClN4OS. The van der Waals surface area contributed by atoms with E-state index in [2.05, 4.69) is 30.1 Å². The van der Waals surface area contributed by atoms with Crippen molar-refractivity contribution in [3.63, 3.8) is 0 Å². The van der Waals surface area contributed by atoms with Crippen molar-refractivity contribution in [3.05, 3.63) is 58.6 Å². The topological polar surface area (TPSA) is 84.4 Å². The third-order valence-electron chi connectivity index (χ3n) is 3.84. The zero-order valence-corrected chi connectivity index (χ0v) is 15.7. The molecule has 0 aliphatic heterocycles. The van der Waals surface area contributed by atoms with Gasteiger partial charge in [-0.05, 0) is 42.0 Å². The lowest BCUT2D eigenvalue weighted by Gasteiger charge is -2.18. The largest absolute Gasteiger partial charge is 0.313 e. The van der Waals surface area contributed by atoms with Crippen LogP contribution in [-0.4, -0.2) is 13.5 Å². The molecule has 0 bridgehead atoms. The number of anilines is 1. The van der Waals surface area contributed by atoms with Gasteiger partial charge in [0.25, 0.3) is 0 Å². The first-order valence-corrected chi connectivity index (χ1v) is 9.32. The van der Waals surface area contributed by atoms with Crippen molar-refractivity contribution in [2.75, 3.05) is 12.1 Å². The fourth-order valence-corrected chi connectivity index (χ4v) is 3.99. The van der Waals surface area contributed by atoms with E-state index in [-0.39, 0.29) is 0 Å². The molecule has 1 saturated carbocycles. The van der Waals surface area contributed by atoms with E-state index in [1.807, 2.05) is 25.2 Å². The number of hydrogen-bond acceptors (Lipinski definition) is 5. The number of benzene rings is 2. The van der Waals surface area contributed by atoms with E-state index in [1.165, 1.54) is 24.0 Å². The summed E-state index contributed by atoms with van der Waals surface area (Å²) in [5.74, 6) is 12.0. The summed E-state index contributed by atoms with van der Waals surface area (Å²) < 4.78 is 0. The highest BCUT2D eigenvalue weighted by Crippen LogP contribution is 2.44. The van der Waals surface area contributed by atoms with E-state index < -0.39 is 0 Å². The van der Waals surface area contributed by atoms with E-state index in [9.17, 15) is 0 Å². The fourth-order valence-electron chi connectivity index (χ4n) is 2.53. The van der Waals surface area contributed by atoms with Crippen LogP contribution in [-0.2, 0) is 10.5 Å². The predicted octanol–water partition coefficient (Wildman–Crippen LogP) is 3.43. The third-order valence-corrected chi connectivity index (χ3v) is 5.44. The van der Waals surface area contributed by atoms with Gasteiger partial charge in [0.05, 0.1) is 15.6 Å². The van der Waals surface area contributed by atoms with Crippen LogP contribution in [0.15, 0.2) is 47.4 Å². The van der Waals surface area contributed by atoms with Gasteiger partial charge >= 0.3 is 0 Å². The monoisotopic (exact) mass is 378 g/mol. The molecule has 2 aromatic carbocycles. The third kappa shape index (κ3) is 5.64. The lowest BCUT2D eigenvalue weighted by Crippen LogP contribution is -2.25. The molecule has 3 rings (SSSR count). The molecular weight excluding hydrogens is 356 g/mol. The van der Waals surface area contributed by atoms with Crippen molar-refractivity contribution in [3.8, 4) is 0 Å². The minimum atomic E-state index is 0.403. The first-order valence-electron chi connectivity index (χ1n) is 7.95. The lowest BCUT2D eigenvalue weighted by molar-refractivity contribution is -0.109. The molecule has 0 aromatic heterocycles. The molecule has 5 nitrogen and oxygen atoms in total. The van der Waals surface area contributed by atoms with Crippen molar-refractivity contribution in [1.29, 1.82) is 0 Å². The Morgan fingerprint density at radius 2 is 1.96 bits per heavy atom. The maximum Gasteiger partial charge on any atom is 0.221 e. The minimum Gasteiger partial charge on any atom is -0.313 e. The van der Waals surface area contributed by atoms with Gasteiger partial charge in [-0.3, -0.25) is 10.2 Å². The van der Waals surface area contributed by atoms with Gasteiger partial charge in [0, 0.05) is 12.8 Å². The van der Waals surface area contributed by atoms with Crippen molar-refractivity contribution in [1.82, 2.24) is 5.43 Å². The van der Waals surface area contributed by atoms with Gasteiger partial charge < -0.3 is 5.01 Å². The molecule has 1 aliphatic rings. The number of carbonyl (C=O) groups is 1. The van der Waals surface area contributed by atoms with Crippen LogP contribution in [0, 0.1) is 0 Å². The minimum absolute atomic E-state index is 0.403. The van der Waals surface area contributed by atoms with Crippen LogP contribution >= 0.6 is 23.4 Å². The summed E-state index contributed by atoms with van der Waals surface area (Å²) in [5, 5.41) is 2.39. The molecule has 5 N–H and O–H groups in total. The Bertz CT molecular complexity index is 707. The number of thioether (sulfide) groups is 1. The van der Waals surface area contributed by atoms with Gasteiger partial charge in [0.15, 0.2) is 0 Å². The average molecular weight is 379 g/mol. The summed E-state index contributed by atoms with van der Waals surface area (Å²) >= 11 is 8.11. The Kier molecular flexibility index (Phi) is 7.58. The standard InChI is InChI=1S/C17H19ClN2S.CH4N2O/c1-20(19)16-8-4-7-15(18)17(16)21-11-13-5-2-3-6-14(13)12-9-10-12;2-3-1-4/h2-8,12H,9-11,19H2,1H3;1H,2H2,(H,3,4). The number of hydrogen-bond donors (Lipinski definition) is 3. The molecule has 1 fully saturated rings. The summed E-state index contributed by atoms with van der Waals surface area (Å²) in [6.45, 7) is 0. The number of halogens is 1.